The summed E-state index contributed by atoms with van der Waals surface area (Å²) < 4.78 is 27.4. The van der Waals surface area contributed by atoms with Gasteiger partial charge in [-0.15, -0.1) is 0 Å². The number of carbonyl (C=O) groups excluding carboxylic acids is 1. The van der Waals surface area contributed by atoms with Crippen molar-refractivity contribution in [3.8, 4) is 6.07 Å². The number of hydrogen-bond donors (Lipinski definition) is 1. The first kappa shape index (κ1) is 22.7. The molecule has 1 aromatic rings. The average molecular weight is 420 g/mol. The number of nitrogens with zero attached hydrogens (tertiary/aromatic N) is 2. The monoisotopic (exact) mass is 419 g/mol. The predicted octanol–water partition coefficient (Wildman–Crippen LogP) is 4.44. The number of halogens is 2. The van der Waals surface area contributed by atoms with Gasteiger partial charge in [0, 0.05) is 13.1 Å². The van der Waals surface area contributed by atoms with Gasteiger partial charge >= 0.3 is 0 Å². The van der Waals surface area contributed by atoms with Crippen molar-refractivity contribution in [2.75, 3.05) is 18.4 Å². The van der Waals surface area contributed by atoms with E-state index in [9.17, 15) is 13.2 Å². The maximum absolute atomic E-state index is 13.0. The number of hydrogen-bond acceptors (Lipinski definition) is 4. The Hall–Kier alpha value is -1.33. The van der Waals surface area contributed by atoms with Crippen LogP contribution in [0.15, 0.2) is 17.0 Å². The highest BCUT2D eigenvalue weighted by Crippen LogP contribution is 2.34. The first-order valence-corrected chi connectivity index (χ1v) is 10.6. The zero-order chi connectivity index (χ0) is 19.7. The van der Waals surface area contributed by atoms with E-state index in [2.05, 4.69) is 5.32 Å². The number of rotatable bonds is 10. The van der Waals surface area contributed by atoms with Gasteiger partial charge in [-0.1, -0.05) is 49.9 Å². The van der Waals surface area contributed by atoms with Crippen molar-refractivity contribution in [1.82, 2.24) is 4.31 Å². The Bertz CT molecular complexity index is 768. The van der Waals surface area contributed by atoms with Crippen LogP contribution in [-0.2, 0) is 14.8 Å². The number of nitriles is 1. The minimum atomic E-state index is -3.80. The van der Waals surface area contributed by atoms with Crippen LogP contribution in [0, 0.1) is 11.3 Å². The Morgan fingerprint density at radius 1 is 1.15 bits per heavy atom. The van der Waals surface area contributed by atoms with Gasteiger partial charge in [0.05, 0.1) is 21.8 Å². The summed E-state index contributed by atoms with van der Waals surface area (Å²) in [7, 11) is -3.80. The van der Waals surface area contributed by atoms with Crippen LogP contribution in [0.5, 0.6) is 0 Å². The molecule has 144 valence electrons. The molecule has 6 nitrogen and oxygen atoms in total. The van der Waals surface area contributed by atoms with Gasteiger partial charge in [-0.2, -0.15) is 9.57 Å². The third-order valence-electron chi connectivity index (χ3n) is 3.68. The third-order valence-corrected chi connectivity index (χ3v) is 6.35. The lowest BCUT2D eigenvalue weighted by molar-refractivity contribution is -0.115. The van der Waals surface area contributed by atoms with Crippen LogP contribution < -0.4 is 5.32 Å². The van der Waals surface area contributed by atoms with Gasteiger partial charge in [-0.3, -0.25) is 4.79 Å². The second-order valence-electron chi connectivity index (χ2n) is 5.76. The standard InChI is InChI=1S/C17H23Cl2N3O3S/c1-3-5-9-22(10-6-4-2)26(24,25)16-12-13(18)15(11-14(16)19)21-17(23)7-8-20/h11-12H,3-7,9-10H2,1-2H3,(H,21,23). The van der Waals surface area contributed by atoms with Crippen molar-refractivity contribution < 1.29 is 13.2 Å². The molecule has 0 aromatic heterocycles. The van der Waals surface area contributed by atoms with Gasteiger partial charge in [0.25, 0.3) is 0 Å². The van der Waals surface area contributed by atoms with E-state index in [4.69, 9.17) is 28.5 Å². The van der Waals surface area contributed by atoms with E-state index in [1.54, 1.807) is 6.07 Å². The summed E-state index contributed by atoms with van der Waals surface area (Å²) in [6.45, 7) is 4.81. The second kappa shape index (κ2) is 10.7. The number of amides is 1. The van der Waals surface area contributed by atoms with Crippen molar-refractivity contribution in [2.24, 2.45) is 0 Å². The van der Waals surface area contributed by atoms with Crippen LogP contribution in [0.3, 0.4) is 0 Å². The summed E-state index contributed by atoms with van der Waals surface area (Å²) in [5.74, 6) is -0.548. The molecule has 0 aliphatic heterocycles. The van der Waals surface area contributed by atoms with Crippen LogP contribution in [0.25, 0.3) is 0 Å². The molecule has 0 fully saturated rings. The topological polar surface area (TPSA) is 90.3 Å². The average Bonchev–Trinajstić information content (AvgIpc) is 2.57. The molecule has 0 heterocycles. The van der Waals surface area contributed by atoms with E-state index in [0.29, 0.717) is 13.1 Å². The summed E-state index contributed by atoms with van der Waals surface area (Å²) >= 11 is 12.3. The van der Waals surface area contributed by atoms with E-state index >= 15 is 0 Å². The molecule has 0 unspecified atom stereocenters. The van der Waals surface area contributed by atoms with Crippen LogP contribution in [-0.4, -0.2) is 31.7 Å². The third kappa shape index (κ3) is 6.13. The summed E-state index contributed by atoms with van der Waals surface area (Å²) in [6.07, 6.45) is 2.90. The summed E-state index contributed by atoms with van der Waals surface area (Å²) in [5.41, 5.74) is 0.171. The van der Waals surface area contributed by atoms with Crippen molar-refractivity contribution in [2.45, 2.75) is 50.8 Å². The van der Waals surface area contributed by atoms with Crippen molar-refractivity contribution in [3.05, 3.63) is 22.2 Å². The van der Waals surface area contributed by atoms with Gasteiger partial charge in [0.1, 0.15) is 11.3 Å². The smallest absolute Gasteiger partial charge is 0.244 e. The maximum Gasteiger partial charge on any atom is 0.244 e. The molecule has 9 heteroatoms. The van der Waals surface area contributed by atoms with Gasteiger partial charge in [0.15, 0.2) is 0 Å². The fraction of sp³-hybridized carbons (Fsp3) is 0.529. The predicted molar refractivity (Wildman–Crippen MR) is 104 cm³/mol. The highest BCUT2D eigenvalue weighted by atomic mass is 35.5. The molecule has 1 N–H and O–H groups in total. The molecule has 0 aliphatic rings. The van der Waals surface area contributed by atoms with Crippen LogP contribution >= 0.6 is 23.2 Å². The summed E-state index contributed by atoms with van der Waals surface area (Å²) in [5, 5.41) is 11.0. The number of nitrogens with one attached hydrogen (secondary N) is 1. The van der Waals surface area contributed by atoms with Crippen molar-refractivity contribution in [3.63, 3.8) is 0 Å². The van der Waals surface area contributed by atoms with Crippen LogP contribution in [0.2, 0.25) is 10.0 Å². The maximum atomic E-state index is 13.0. The lowest BCUT2D eigenvalue weighted by Gasteiger charge is -2.23. The molecule has 0 saturated carbocycles. The quantitative estimate of drug-likeness (QED) is 0.606. The fourth-order valence-electron chi connectivity index (χ4n) is 2.25. The molecule has 1 amide bonds. The number of benzene rings is 1. The zero-order valence-electron chi connectivity index (χ0n) is 14.9. The van der Waals surface area contributed by atoms with Crippen LogP contribution in [0.4, 0.5) is 5.69 Å². The summed E-state index contributed by atoms with van der Waals surface area (Å²) in [6, 6.07) is 4.26. The lowest BCUT2D eigenvalue weighted by Crippen LogP contribution is -2.33. The SMILES string of the molecule is CCCCN(CCCC)S(=O)(=O)c1cc(Cl)c(NC(=O)CC#N)cc1Cl. The number of anilines is 1. The van der Waals surface area contributed by atoms with Gasteiger partial charge < -0.3 is 5.32 Å². The Balaban J connectivity index is 3.20. The molecule has 0 atom stereocenters. The van der Waals surface area contributed by atoms with Crippen molar-refractivity contribution in [1.29, 1.82) is 5.26 Å². The second-order valence-corrected chi connectivity index (χ2v) is 8.48. The highest BCUT2D eigenvalue weighted by molar-refractivity contribution is 7.89. The van der Waals surface area contributed by atoms with E-state index in [0.717, 1.165) is 25.7 Å². The molecule has 26 heavy (non-hydrogen) atoms. The normalized spacial score (nSPS) is 11.4. The highest BCUT2D eigenvalue weighted by Gasteiger charge is 2.27. The Labute approximate surface area is 165 Å². The van der Waals surface area contributed by atoms with E-state index in [1.807, 2.05) is 13.8 Å². The number of unbranched alkanes of at least 4 members (excludes halogenated alkanes) is 2. The van der Waals surface area contributed by atoms with Gasteiger partial charge in [-0.05, 0) is 25.0 Å². The number of carbonyl (C=O) groups is 1. The lowest BCUT2D eigenvalue weighted by atomic mass is 10.3. The Kier molecular flexibility index (Phi) is 9.37. The van der Waals surface area contributed by atoms with E-state index < -0.39 is 15.9 Å². The van der Waals surface area contributed by atoms with Gasteiger partial charge in [0.2, 0.25) is 15.9 Å². The first-order valence-electron chi connectivity index (χ1n) is 8.43. The first-order chi connectivity index (χ1) is 12.3. The van der Waals surface area contributed by atoms with E-state index in [1.165, 1.54) is 16.4 Å². The molecule has 0 saturated heterocycles. The number of sulfonamides is 1. The largest absolute Gasteiger partial charge is 0.324 e. The molecular weight excluding hydrogens is 397 g/mol. The minimum absolute atomic E-state index is 0.0281. The van der Waals surface area contributed by atoms with Crippen LogP contribution in [0.1, 0.15) is 46.0 Å². The molecule has 1 aromatic carbocycles. The Morgan fingerprint density at radius 2 is 1.73 bits per heavy atom. The zero-order valence-corrected chi connectivity index (χ0v) is 17.2. The molecule has 1 rings (SSSR count). The molecule has 0 spiro atoms. The van der Waals surface area contributed by atoms with E-state index in [-0.39, 0.29) is 27.0 Å². The Morgan fingerprint density at radius 3 is 2.23 bits per heavy atom. The summed E-state index contributed by atoms with van der Waals surface area (Å²) in [4.78, 5) is 11.5. The molecule has 0 aliphatic carbocycles. The molecule has 0 radical (unpaired) electrons. The van der Waals surface area contributed by atoms with Gasteiger partial charge in [-0.25, -0.2) is 8.42 Å². The minimum Gasteiger partial charge on any atom is -0.324 e. The fourth-order valence-corrected chi connectivity index (χ4v) is 4.57. The molecular formula is C17H23Cl2N3O3S. The van der Waals surface area contributed by atoms with Crippen molar-refractivity contribution >= 4 is 44.8 Å². The molecule has 0 bridgehead atoms.